The fraction of sp³-hybridized carbons (Fsp3) is 0.647. The third-order valence-corrected chi connectivity index (χ3v) is 5.75. The lowest BCUT2D eigenvalue weighted by atomic mass is 9.59. The molecule has 1 fully saturated rings. The Bertz CT molecular complexity index is 548. The molecule has 4 rings (SSSR count). The maximum atomic E-state index is 11.8. The highest BCUT2D eigenvalue weighted by molar-refractivity contribution is 5.91. The van der Waals surface area contributed by atoms with Crippen molar-refractivity contribution < 1.29 is 14.3 Å². The van der Waals surface area contributed by atoms with E-state index in [1.165, 1.54) is 5.57 Å². The molecule has 114 valence electrons. The molecule has 4 heteroatoms. The SMILES string of the molecule is CC1=C[C@@H]2C[C@@H](C)[C@]1(C)CC/C1=C/C(=O)NCC(=O)O[C@@H]12. The van der Waals surface area contributed by atoms with Gasteiger partial charge in [0.05, 0.1) is 0 Å². The Morgan fingerprint density at radius 2 is 2.14 bits per heavy atom. The van der Waals surface area contributed by atoms with Gasteiger partial charge in [-0.05, 0) is 43.1 Å². The molecule has 0 spiro atoms. The quantitative estimate of drug-likeness (QED) is 0.550. The summed E-state index contributed by atoms with van der Waals surface area (Å²) in [4.78, 5) is 23.7. The van der Waals surface area contributed by atoms with Crippen molar-refractivity contribution in [3.63, 3.8) is 0 Å². The molecule has 1 amide bonds. The van der Waals surface area contributed by atoms with Crippen molar-refractivity contribution >= 4 is 11.9 Å². The Balaban J connectivity index is 2.04. The van der Waals surface area contributed by atoms with Crippen LogP contribution in [0.2, 0.25) is 0 Å². The molecule has 0 unspecified atom stereocenters. The molecule has 1 heterocycles. The molecule has 2 bridgehead atoms. The van der Waals surface area contributed by atoms with Crippen molar-refractivity contribution in [2.24, 2.45) is 17.3 Å². The van der Waals surface area contributed by atoms with Crippen molar-refractivity contribution in [3.05, 3.63) is 23.3 Å². The first-order valence-corrected chi connectivity index (χ1v) is 7.77. The summed E-state index contributed by atoms with van der Waals surface area (Å²) in [6.45, 7) is 6.75. The second-order valence-electron chi connectivity index (χ2n) is 6.92. The number of hydrogen-bond donors (Lipinski definition) is 1. The molecular formula is C17H23NO3. The van der Waals surface area contributed by atoms with Crippen molar-refractivity contribution in [2.75, 3.05) is 6.54 Å². The number of hydrogen-bond acceptors (Lipinski definition) is 3. The zero-order valence-corrected chi connectivity index (χ0v) is 12.9. The summed E-state index contributed by atoms with van der Waals surface area (Å²) in [6.07, 6.45) is 6.46. The monoisotopic (exact) mass is 289 g/mol. The van der Waals surface area contributed by atoms with Gasteiger partial charge in [0.2, 0.25) is 5.91 Å². The average Bonchev–Trinajstić information content (AvgIpc) is 2.42. The standard InChI is InChI=1S/C17H23NO3/c1-10-6-13-7-11(2)17(10,3)5-4-12-8-14(19)18-9-15(20)21-16(12)13/h6,8,11,13,16H,4-5,7,9H2,1-3H3,(H,18,19)/b12-8-/t11-,13-,16+,17-/m1/s1. The predicted molar refractivity (Wildman–Crippen MR) is 79.3 cm³/mol. The molecular weight excluding hydrogens is 266 g/mol. The van der Waals surface area contributed by atoms with Gasteiger partial charge in [-0.1, -0.05) is 25.5 Å². The molecule has 0 aromatic heterocycles. The van der Waals surface area contributed by atoms with Crippen LogP contribution in [0.3, 0.4) is 0 Å². The first-order chi connectivity index (χ1) is 9.90. The van der Waals surface area contributed by atoms with Gasteiger partial charge in [-0.3, -0.25) is 9.59 Å². The van der Waals surface area contributed by atoms with Crippen LogP contribution in [0.1, 0.15) is 40.0 Å². The van der Waals surface area contributed by atoms with Crippen LogP contribution in [0.15, 0.2) is 23.3 Å². The molecule has 1 saturated carbocycles. The molecule has 0 aromatic rings. The number of fused-ring (bicyclic) bond motifs is 2. The lowest BCUT2D eigenvalue weighted by Crippen LogP contribution is -2.44. The van der Waals surface area contributed by atoms with Gasteiger partial charge < -0.3 is 10.1 Å². The highest BCUT2D eigenvalue weighted by Crippen LogP contribution is 2.51. The van der Waals surface area contributed by atoms with Crippen molar-refractivity contribution in [1.82, 2.24) is 5.32 Å². The van der Waals surface area contributed by atoms with Crippen LogP contribution in [-0.4, -0.2) is 24.5 Å². The van der Waals surface area contributed by atoms with Crippen molar-refractivity contribution in [1.29, 1.82) is 0 Å². The lowest BCUT2D eigenvalue weighted by Gasteiger charge is -2.47. The maximum absolute atomic E-state index is 11.8. The number of carbonyl (C=O) groups is 2. The van der Waals surface area contributed by atoms with Crippen molar-refractivity contribution in [2.45, 2.75) is 46.1 Å². The summed E-state index contributed by atoms with van der Waals surface area (Å²) in [5.74, 6) is 0.232. The topological polar surface area (TPSA) is 55.4 Å². The number of nitrogens with one attached hydrogen (secondary N) is 1. The summed E-state index contributed by atoms with van der Waals surface area (Å²) >= 11 is 0. The molecule has 3 aliphatic carbocycles. The normalized spacial score (nSPS) is 42.1. The second-order valence-corrected chi connectivity index (χ2v) is 6.92. The second kappa shape index (κ2) is 5.00. The first kappa shape index (κ1) is 14.4. The van der Waals surface area contributed by atoms with Gasteiger partial charge in [-0.25, -0.2) is 0 Å². The molecule has 0 aromatic carbocycles. The van der Waals surface area contributed by atoms with Crippen LogP contribution in [0.5, 0.6) is 0 Å². The Kier molecular flexibility index (Phi) is 3.42. The van der Waals surface area contributed by atoms with Gasteiger partial charge in [-0.15, -0.1) is 0 Å². The lowest BCUT2D eigenvalue weighted by molar-refractivity contribution is -0.150. The van der Waals surface area contributed by atoms with Gasteiger partial charge in [0.1, 0.15) is 12.6 Å². The summed E-state index contributed by atoms with van der Waals surface area (Å²) in [5, 5.41) is 2.57. The van der Waals surface area contributed by atoms with Crippen LogP contribution in [0.4, 0.5) is 0 Å². The molecule has 4 nitrogen and oxygen atoms in total. The number of carbonyl (C=O) groups excluding carboxylic acids is 2. The molecule has 1 N–H and O–H groups in total. The van der Waals surface area contributed by atoms with E-state index in [0.717, 1.165) is 24.8 Å². The van der Waals surface area contributed by atoms with Gasteiger partial charge in [-0.2, -0.15) is 0 Å². The minimum absolute atomic E-state index is 0.0399. The molecule has 0 saturated heterocycles. The van der Waals surface area contributed by atoms with E-state index in [4.69, 9.17) is 4.74 Å². The van der Waals surface area contributed by atoms with Crippen LogP contribution < -0.4 is 5.32 Å². The predicted octanol–water partition coefficient (Wildman–Crippen LogP) is 2.36. The van der Waals surface area contributed by atoms with E-state index in [9.17, 15) is 9.59 Å². The minimum atomic E-state index is -0.341. The van der Waals surface area contributed by atoms with E-state index < -0.39 is 0 Å². The Morgan fingerprint density at radius 1 is 1.38 bits per heavy atom. The minimum Gasteiger partial charge on any atom is -0.456 e. The molecule has 1 aliphatic heterocycles. The van der Waals surface area contributed by atoms with E-state index in [-0.39, 0.29) is 35.9 Å². The zero-order chi connectivity index (χ0) is 15.2. The van der Waals surface area contributed by atoms with E-state index in [2.05, 4.69) is 32.2 Å². The van der Waals surface area contributed by atoms with Crippen LogP contribution in [0, 0.1) is 17.3 Å². The number of ether oxygens (including phenoxy) is 1. The van der Waals surface area contributed by atoms with Gasteiger partial charge in [0.15, 0.2) is 0 Å². The summed E-state index contributed by atoms with van der Waals surface area (Å²) < 4.78 is 5.67. The van der Waals surface area contributed by atoms with E-state index in [1.54, 1.807) is 6.08 Å². The van der Waals surface area contributed by atoms with Crippen LogP contribution in [-0.2, 0) is 14.3 Å². The molecule has 21 heavy (non-hydrogen) atoms. The summed E-state index contributed by atoms with van der Waals surface area (Å²) in [5.41, 5.74) is 2.55. The highest BCUT2D eigenvalue weighted by atomic mass is 16.5. The highest BCUT2D eigenvalue weighted by Gasteiger charge is 2.44. The summed E-state index contributed by atoms with van der Waals surface area (Å²) in [7, 11) is 0. The number of allylic oxidation sites excluding steroid dienone is 1. The third-order valence-electron chi connectivity index (χ3n) is 5.75. The summed E-state index contributed by atoms with van der Waals surface area (Å²) in [6, 6.07) is 0. The van der Waals surface area contributed by atoms with E-state index >= 15 is 0 Å². The maximum Gasteiger partial charge on any atom is 0.326 e. The van der Waals surface area contributed by atoms with E-state index in [1.807, 2.05) is 0 Å². The fourth-order valence-electron chi connectivity index (χ4n) is 3.99. The Hall–Kier alpha value is -1.58. The molecule has 4 atom stereocenters. The molecule has 0 radical (unpaired) electrons. The van der Waals surface area contributed by atoms with Gasteiger partial charge in [0.25, 0.3) is 0 Å². The average molecular weight is 289 g/mol. The molecule has 4 aliphatic rings. The number of rotatable bonds is 0. The van der Waals surface area contributed by atoms with Crippen molar-refractivity contribution in [3.8, 4) is 0 Å². The number of esters is 1. The largest absolute Gasteiger partial charge is 0.456 e. The fourth-order valence-corrected chi connectivity index (χ4v) is 3.99. The van der Waals surface area contributed by atoms with Gasteiger partial charge >= 0.3 is 5.97 Å². The zero-order valence-electron chi connectivity index (χ0n) is 12.9. The Morgan fingerprint density at radius 3 is 2.86 bits per heavy atom. The Labute approximate surface area is 125 Å². The van der Waals surface area contributed by atoms with E-state index in [0.29, 0.717) is 5.92 Å². The smallest absolute Gasteiger partial charge is 0.326 e. The first-order valence-electron chi connectivity index (χ1n) is 7.77. The number of amides is 1. The third kappa shape index (κ3) is 2.41. The van der Waals surface area contributed by atoms with Crippen LogP contribution in [0.25, 0.3) is 0 Å². The van der Waals surface area contributed by atoms with Gasteiger partial charge in [0, 0.05) is 12.0 Å². The van der Waals surface area contributed by atoms with Crippen LogP contribution >= 0.6 is 0 Å².